The summed E-state index contributed by atoms with van der Waals surface area (Å²) >= 11 is 0. The Labute approximate surface area is 188 Å². The lowest BCUT2D eigenvalue weighted by Crippen LogP contribution is -2.37. The molecule has 9 heteroatoms. The van der Waals surface area contributed by atoms with Gasteiger partial charge in [0.05, 0.1) is 12.0 Å². The Balaban J connectivity index is 1.55. The van der Waals surface area contributed by atoms with Gasteiger partial charge in [0.25, 0.3) is 0 Å². The van der Waals surface area contributed by atoms with E-state index in [-0.39, 0.29) is 23.3 Å². The number of sulfonamides is 1. The molecule has 0 unspecified atom stereocenters. The molecule has 2 aliphatic heterocycles. The van der Waals surface area contributed by atoms with Crippen LogP contribution in [0, 0.1) is 0 Å². The molecule has 4 rings (SSSR count). The number of carbonyl (C=O) groups is 2. The zero-order valence-electron chi connectivity index (χ0n) is 18.0. The average Bonchev–Trinajstić information content (AvgIpc) is 3.29. The number of hydrogen-bond donors (Lipinski definition) is 1. The maximum atomic E-state index is 13.0. The van der Waals surface area contributed by atoms with Crippen molar-refractivity contribution in [1.29, 1.82) is 0 Å². The van der Waals surface area contributed by atoms with Crippen LogP contribution in [-0.2, 0) is 26.0 Å². The van der Waals surface area contributed by atoms with Crippen LogP contribution in [0.3, 0.4) is 0 Å². The van der Waals surface area contributed by atoms with E-state index in [2.05, 4.69) is 5.32 Å². The Morgan fingerprint density at radius 3 is 2.44 bits per heavy atom. The zero-order chi connectivity index (χ0) is 22.7. The number of aryl methyl sites for hydroxylation is 1. The van der Waals surface area contributed by atoms with Gasteiger partial charge in [-0.15, -0.1) is 0 Å². The molecule has 0 bridgehead atoms. The Hall–Kier alpha value is -2.91. The zero-order valence-corrected chi connectivity index (χ0v) is 18.9. The Kier molecular flexibility index (Phi) is 6.48. The van der Waals surface area contributed by atoms with Gasteiger partial charge in [0, 0.05) is 30.9 Å². The number of fused-ring (bicyclic) bond motifs is 1. The highest BCUT2D eigenvalue weighted by Gasteiger charge is 2.30. The smallest absolute Gasteiger partial charge is 0.244 e. The van der Waals surface area contributed by atoms with E-state index in [1.807, 2.05) is 0 Å². The normalized spacial score (nSPS) is 17.0. The molecule has 1 fully saturated rings. The lowest BCUT2D eigenvalue weighted by atomic mass is 10.1. The molecule has 170 valence electrons. The molecule has 0 aromatic heterocycles. The van der Waals surface area contributed by atoms with Crippen LogP contribution in [0.15, 0.2) is 47.4 Å². The van der Waals surface area contributed by atoms with Crippen molar-refractivity contribution in [3.05, 3.63) is 48.0 Å². The summed E-state index contributed by atoms with van der Waals surface area (Å²) in [6.07, 6.45) is 3.24. The molecule has 2 amide bonds. The van der Waals surface area contributed by atoms with E-state index in [4.69, 9.17) is 4.74 Å². The summed E-state index contributed by atoms with van der Waals surface area (Å²) in [5, 5.41) is 2.79. The highest BCUT2D eigenvalue weighted by atomic mass is 32.2. The number of rotatable bonds is 6. The van der Waals surface area contributed by atoms with Crippen molar-refractivity contribution in [2.45, 2.75) is 37.0 Å². The number of amides is 2. The van der Waals surface area contributed by atoms with Gasteiger partial charge in [-0.1, -0.05) is 0 Å². The van der Waals surface area contributed by atoms with Crippen LogP contribution in [-0.4, -0.2) is 51.3 Å². The second kappa shape index (κ2) is 9.30. The van der Waals surface area contributed by atoms with Crippen molar-refractivity contribution in [3.63, 3.8) is 0 Å². The number of carbonyl (C=O) groups excluding carboxylic acids is 2. The van der Waals surface area contributed by atoms with E-state index in [9.17, 15) is 18.0 Å². The molecule has 0 spiro atoms. The van der Waals surface area contributed by atoms with Crippen molar-refractivity contribution in [3.8, 4) is 5.75 Å². The van der Waals surface area contributed by atoms with Gasteiger partial charge in [-0.3, -0.25) is 9.59 Å². The van der Waals surface area contributed by atoms with Crippen molar-refractivity contribution in [1.82, 2.24) is 4.31 Å². The molecule has 1 saturated heterocycles. The van der Waals surface area contributed by atoms with E-state index in [1.54, 1.807) is 49.6 Å². The van der Waals surface area contributed by atoms with Crippen LogP contribution < -0.4 is 15.0 Å². The standard InChI is InChI=1S/C23H27N3O5S/c1-31-19-9-7-18(8-10-19)24-22(27)16-26-21-12-11-20(15-17(21)5-4-6-23(26)28)32(29,30)25-13-2-3-14-25/h7-12,15H,2-6,13-14,16H2,1H3,(H,24,27). The molecular formula is C23H27N3O5S. The van der Waals surface area contributed by atoms with Gasteiger partial charge in [-0.05, 0) is 73.7 Å². The Morgan fingerprint density at radius 1 is 1.03 bits per heavy atom. The highest BCUT2D eigenvalue weighted by Crippen LogP contribution is 2.31. The molecule has 2 heterocycles. The summed E-state index contributed by atoms with van der Waals surface area (Å²) in [4.78, 5) is 27.1. The first-order valence-corrected chi connectivity index (χ1v) is 12.2. The first-order valence-electron chi connectivity index (χ1n) is 10.8. The number of methoxy groups -OCH3 is 1. The van der Waals surface area contributed by atoms with Gasteiger partial charge < -0.3 is 15.0 Å². The predicted octanol–water partition coefficient (Wildman–Crippen LogP) is 2.79. The minimum Gasteiger partial charge on any atom is -0.497 e. The van der Waals surface area contributed by atoms with Crippen molar-refractivity contribution in [2.75, 3.05) is 37.0 Å². The van der Waals surface area contributed by atoms with E-state index in [0.29, 0.717) is 49.5 Å². The second-order valence-electron chi connectivity index (χ2n) is 8.01. The van der Waals surface area contributed by atoms with E-state index in [1.165, 1.54) is 9.21 Å². The molecule has 0 radical (unpaired) electrons. The van der Waals surface area contributed by atoms with Crippen molar-refractivity contribution in [2.24, 2.45) is 0 Å². The summed E-state index contributed by atoms with van der Waals surface area (Å²) < 4.78 is 32.5. The number of anilines is 2. The Morgan fingerprint density at radius 2 is 1.75 bits per heavy atom. The van der Waals surface area contributed by atoms with Gasteiger partial charge in [0.1, 0.15) is 12.3 Å². The fourth-order valence-electron chi connectivity index (χ4n) is 4.15. The molecule has 2 aliphatic rings. The molecule has 0 atom stereocenters. The van der Waals surface area contributed by atoms with Crippen LogP contribution in [0.1, 0.15) is 31.2 Å². The molecule has 0 saturated carbocycles. The first kappa shape index (κ1) is 22.3. The van der Waals surface area contributed by atoms with Gasteiger partial charge in [-0.25, -0.2) is 8.42 Å². The molecule has 0 aliphatic carbocycles. The van der Waals surface area contributed by atoms with Gasteiger partial charge in [0.15, 0.2) is 0 Å². The second-order valence-corrected chi connectivity index (χ2v) is 9.95. The van der Waals surface area contributed by atoms with Crippen molar-refractivity contribution < 1.29 is 22.7 Å². The molecule has 2 aromatic rings. The number of nitrogens with one attached hydrogen (secondary N) is 1. The SMILES string of the molecule is COc1ccc(NC(=O)CN2C(=O)CCCc3cc(S(=O)(=O)N4CCCC4)ccc32)cc1. The minimum atomic E-state index is -3.54. The third-order valence-corrected chi connectivity index (χ3v) is 7.75. The lowest BCUT2D eigenvalue weighted by molar-refractivity contribution is -0.121. The lowest BCUT2D eigenvalue weighted by Gasteiger charge is -2.23. The number of ether oxygens (including phenoxy) is 1. The molecule has 1 N–H and O–H groups in total. The monoisotopic (exact) mass is 457 g/mol. The highest BCUT2D eigenvalue weighted by molar-refractivity contribution is 7.89. The first-order chi connectivity index (χ1) is 15.4. The fourth-order valence-corrected chi connectivity index (χ4v) is 5.72. The third kappa shape index (κ3) is 4.63. The largest absolute Gasteiger partial charge is 0.497 e. The number of benzene rings is 2. The number of nitrogens with zero attached hydrogens (tertiary/aromatic N) is 2. The van der Waals surface area contributed by atoms with Gasteiger partial charge in [-0.2, -0.15) is 4.31 Å². The van der Waals surface area contributed by atoms with Gasteiger partial charge >= 0.3 is 0 Å². The van der Waals surface area contributed by atoms with Gasteiger partial charge in [0.2, 0.25) is 21.8 Å². The summed E-state index contributed by atoms with van der Waals surface area (Å²) in [5.41, 5.74) is 1.97. The summed E-state index contributed by atoms with van der Waals surface area (Å²) in [7, 11) is -1.98. The van der Waals surface area contributed by atoms with Crippen LogP contribution in [0.5, 0.6) is 5.75 Å². The predicted molar refractivity (Wildman–Crippen MR) is 121 cm³/mol. The fraction of sp³-hybridized carbons (Fsp3) is 0.391. The molecule has 8 nitrogen and oxygen atoms in total. The maximum Gasteiger partial charge on any atom is 0.244 e. The summed E-state index contributed by atoms with van der Waals surface area (Å²) in [6.45, 7) is 0.932. The van der Waals surface area contributed by atoms with Crippen molar-refractivity contribution >= 4 is 33.2 Å². The summed E-state index contributed by atoms with van der Waals surface area (Å²) in [5.74, 6) is 0.202. The van der Waals surface area contributed by atoms with Crippen LogP contribution in [0.25, 0.3) is 0 Å². The van der Waals surface area contributed by atoms with Crippen LogP contribution >= 0.6 is 0 Å². The topological polar surface area (TPSA) is 96.0 Å². The quantitative estimate of drug-likeness (QED) is 0.720. The van der Waals surface area contributed by atoms with E-state index >= 15 is 0 Å². The average molecular weight is 458 g/mol. The van der Waals surface area contributed by atoms with E-state index < -0.39 is 10.0 Å². The van der Waals surface area contributed by atoms with Crippen LogP contribution in [0.2, 0.25) is 0 Å². The molecule has 2 aromatic carbocycles. The molecular weight excluding hydrogens is 430 g/mol. The maximum absolute atomic E-state index is 13.0. The van der Waals surface area contributed by atoms with Crippen LogP contribution in [0.4, 0.5) is 11.4 Å². The van der Waals surface area contributed by atoms with E-state index in [0.717, 1.165) is 18.4 Å². The molecule has 32 heavy (non-hydrogen) atoms. The number of hydrogen-bond acceptors (Lipinski definition) is 5. The summed E-state index contributed by atoms with van der Waals surface area (Å²) in [6, 6.07) is 11.8. The minimum absolute atomic E-state index is 0.143. The third-order valence-electron chi connectivity index (χ3n) is 5.86. The Bertz CT molecular complexity index is 1110.